The number of pyridine rings is 1. The third-order valence-electron chi connectivity index (χ3n) is 5.47. The monoisotopic (exact) mass is 569 g/mol. The number of nitrogens with one attached hydrogen (secondary N) is 3. The maximum atomic E-state index is 15.5. The van der Waals surface area contributed by atoms with Crippen molar-refractivity contribution in [3.8, 4) is 17.0 Å². The minimum atomic E-state index is -4.71. The zero-order chi connectivity index (χ0) is 28.5. The lowest BCUT2D eigenvalue weighted by molar-refractivity contribution is 0.0800. The van der Waals surface area contributed by atoms with Gasteiger partial charge in [0.25, 0.3) is 15.9 Å². The van der Waals surface area contributed by atoms with Crippen molar-refractivity contribution in [2.24, 2.45) is 0 Å². The standard InChI is InChI=1S/C23H19F4N5O6S/c1-38-23-16(6-10(24)7-29-23)39(36,37)32-15-5-4-14(25)17(19(15)27)12-2-3-13-20(18(12)26)30-31-21(13)22(35)28-8-11(34)9-33/h2-7,11,32-34H,8-9H2,1H3,(H,28,35)(H,30,31)/t11-/m1/s1. The molecule has 0 saturated heterocycles. The van der Waals surface area contributed by atoms with Crippen molar-refractivity contribution in [2.75, 3.05) is 25.0 Å². The fourth-order valence-corrected chi connectivity index (χ4v) is 4.80. The molecule has 39 heavy (non-hydrogen) atoms. The number of sulfonamides is 1. The molecule has 2 heterocycles. The summed E-state index contributed by atoms with van der Waals surface area (Å²) in [5, 5.41) is 26.4. The number of aliphatic hydroxyl groups is 2. The van der Waals surface area contributed by atoms with E-state index in [4.69, 9.17) is 9.84 Å². The van der Waals surface area contributed by atoms with Crippen LogP contribution in [0.2, 0.25) is 0 Å². The summed E-state index contributed by atoms with van der Waals surface area (Å²) in [6, 6.07) is 4.15. The van der Waals surface area contributed by atoms with Crippen molar-refractivity contribution >= 4 is 32.5 Å². The number of fused-ring (bicyclic) bond motifs is 1. The van der Waals surface area contributed by atoms with Gasteiger partial charge in [-0.15, -0.1) is 0 Å². The molecule has 1 atom stereocenters. The van der Waals surface area contributed by atoms with E-state index in [2.05, 4.69) is 20.5 Å². The van der Waals surface area contributed by atoms with E-state index in [1.54, 1.807) is 0 Å². The first-order chi connectivity index (χ1) is 18.5. The lowest BCUT2D eigenvalue weighted by atomic mass is 10.0. The number of amides is 1. The molecule has 0 unspecified atom stereocenters. The van der Waals surface area contributed by atoms with E-state index in [0.717, 1.165) is 25.3 Å². The molecule has 5 N–H and O–H groups in total. The fourth-order valence-electron chi connectivity index (χ4n) is 3.61. The van der Waals surface area contributed by atoms with Gasteiger partial charge in [0.1, 0.15) is 17.2 Å². The van der Waals surface area contributed by atoms with Crippen LogP contribution in [0, 0.1) is 23.3 Å². The molecule has 2 aromatic carbocycles. The topological polar surface area (TPSA) is 167 Å². The Morgan fingerprint density at radius 2 is 1.90 bits per heavy atom. The van der Waals surface area contributed by atoms with Crippen LogP contribution in [0.5, 0.6) is 5.88 Å². The number of anilines is 1. The van der Waals surface area contributed by atoms with Crippen LogP contribution < -0.4 is 14.8 Å². The summed E-state index contributed by atoms with van der Waals surface area (Å²) in [6.45, 7) is -0.931. The van der Waals surface area contributed by atoms with E-state index in [-0.39, 0.29) is 23.1 Å². The molecule has 16 heteroatoms. The third kappa shape index (κ3) is 5.34. The van der Waals surface area contributed by atoms with E-state index in [0.29, 0.717) is 18.3 Å². The highest BCUT2D eigenvalue weighted by atomic mass is 32.2. The van der Waals surface area contributed by atoms with Crippen molar-refractivity contribution in [2.45, 2.75) is 11.0 Å². The Morgan fingerprint density at radius 3 is 2.59 bits per heavy atom. The predicted octanol–water partition coefficient (Wildman–Crippen LogP) is 2.07. The molecule has 0 aliphatic heterocycles. The maximum Gasteiger partial charge on any atom is 0.272 e. The zero-order valence-corrected chi connectivity index (χ0v) is 20.6. The Balaban J connectivity index is 1.73. The highest BCUT2D eigenvalue weighted by Crippen LogP contribution is 2.36. The van der Waals surface area contributed by atoms with Crippen molar-refractivity contribution in [3.05, 3.63) is 65.5 Å². The molecule has 11 nitrogen and oxygen atoms in total. The number of hydrogen-bond acceptors (Lipinski definition) is 8. The minimum absolute atomic E-state index is 0.0596. The second-order valence-corrected chi connectivity index (χ2v) is 9.67. The van der Waals surface area contributed by atoms with Gasteiger partial charge in [-0.2, -0.15) is 5.10 Å². The number of carbonyl (C=O) groups excluding carboxylic acids is 1. The van der Waals surface area contributed by atoms with E-state index in [1.807, 2.05) is 4.72 Å². The van der Waals surface area contributed by atoms with Crippen LogP contribution in [0.4, 0.5) is 23.2 Å². The summed E-state index contributed by atoms with van der Waals surface area (Å²) in [6.07, 6.45) is -0.535. The molecule has 0 radical (unpaired) electrons. The Bertz CT molecular complexity index is 1680. The molecular weight excluding hydrogens is 550 g/mol. The SMILES string of the molecule is COc1ncc(F)cc1S(=O)(=O)Nc1ccc(F)c(-c2ccc3c(C(=O)NC[C@@H](O)CO)n[nH]c3c2F)c1F. The number of aliphatic hydroxyl groups excluding tert-OH is 2. The van der Waals surface area contributed by atoms with Crippen molar-refractivity contribution < 1.29 is 45.7 Å². The second kappa shape index (κ2) is 10.8. The molecule has 0 spiro atoms. The van der Waals surface area contributed by atoms with Gasteiger partial charge in [0.05, 0.1) is 37.3 Å². The van der Waals surface area contributed by atoms with E-state index in [9.17, 15) is 27.1 Å². The average Bonchev–Trinajstić information content (AvgIpc) is 3.35. The van der Waals surface area contributed by atoms with Gasteiger partial charge < -0.3 is 20.3 Å². The van der Waals surface area contributed by atoms with Gasteiger partial charge in [-0.25, -0.2) is 31.0 Å². The molecule has 2 aromatic heterocycles. The number of rotatable bonds is 9. The number of benzene rings is 2. The molecule has 0 saturated carbocycles. The van der Waals surface area contributed by atoms with E-state index >= 15 is 8.78 Å². The first kappa shape index (κ1) is 27.7. The number of aromatic nitrogens is 3. The summed E-state index contributed by atoms with van der Waals surface area (Å²) >= 11 is 0. The molecule has 4 aromatic rings. The van der Waals surface area contributed by atoms with Gasteiger partial charge in [-0.05, 0) is 18.2 Å². The number of H-pyrrole nitrogens is 1. The van der Waals surface area contributed by atoms with Crippen LogP contribution in [0.3, 0.4) is 0 Å². The van der Waals surface area contributed by atoms with Crippen molar-refractivity contribution in [3.63, 3.8) is 0 Å². The number of aromatic amines is 1. The normalized spacial score (nSPS) is 12.4. The first-order valence-electron chi connectivity index (χ1n) is 10.9. The van der Waals surface area contributed by atoms with Gasteiger partial charge in [-0.1, -0.05) is 6.07 Å². The van der Waals surface area contributed by atoms with Crippen LogP contribution in [-0.4, -0.2) is 66.1 Å². The van der Waals surface area contributed by atoms with Crippen LogP contribution in [0.15, 0.2) is 41.4 Å². The Morgan fingerprint density at radius 1 is 1.15 bits per heavy atom. The summed E-state index contributed by atoms with van der Waals surface area (Å²) < 4.78 is 91.6. The number of nitrogens with zero attached hydrogens (tertiary/aromatic N) is 2. The number of hydrogen-bond donors (Lipinski definition) is 5. The smallest absolute Gasteiger partial charge is 0.272 e. The lowest BCUT2D eigenvalue weighted by Crippen LogP contribution is -2.34. The van der Waals surface area contributed by atoms with Crippen molar-refractivity contribution in [1.29, 1.82) is 0 Å². The minimum Gasteiger partial charge on any atom is -0.480 e. The number of halogens is 4. The number of carbonyl (C=O) groups is 1. The Kier molecular flexibility index (Phi) is 7.71. The molecule has 0 aliphatic rings. The van der Waals surface area contributed by atoms with Gasteiger partial charge in [0.15, 0.2) is 22.2 Å². The zero-order valence-electron chi connectivity index (χ0n) is 19.8. The lowest BCUT2D eigenvalue weighted by Gasteiger charge is -2.14. The molecule has 4 rings (SSSR count). The number of methoxy groups -OCH3 is 1. The number of ether oxygens (including phenoxy) is 1. The van der Waals surface area contributed by atoms with E-state index in [1.165, 1.54) is 0 Å². The van der Waals surface area contributed by atoms with Gasteiger partial charge in [-0.3, -0.25) is 14.6 Å². The highest BCUT2D eigenvalue weighted by molar-refractivity contribution is 7.92. The van der Waals surface area contributed by atoms with Crippen molar-refractivity contribution in [1.82, 2.24) is 20.5 Å². The quantitative estimate of drug-likeness (QED) is 0.191. The molecule has 1 amide bonds. The third-order valence-corrected chi connectivity index (χ3v) is 6.83. The summed E-state index contributed by atoms with van der Waals surface area (Å²) in [5.41, 5.74) is -3.04. The second-order valence-electron chi connectivity index (χ2n) is 8.02. The van der Waals surface area contributed by atoms with Crippen LogP contribution >= 0.6 is 0 Å². The van der Waals surface area contributed by atoms with Crippen LogP contribution in [0.25, 0.3) is 22.0 Å². The van der Waals surface area contributed by atoms with Crippen LogP contribution in [-0.2, 0) is 10.0 Å². The molecule has 0 aliphatic carbocycles. The molecule has 0 bridgehead atoms. The average molecular weight is 569 g/mol. The summed E-state index contributed by atoms with van der Waals surface area (Å²) in [5.74, 6) is -6.28. The van der Waals surface area contributed by atoms with Gasteiger partial charge in [0, 0.05) is 23.6 Å². The van der Waals surface area contributed by atoms with Gasteiger partial charge in [0.2, 0.25) is 5.88 Å². The maximum absolute atomic E-state index is 15.5. The first-order valence-corrected chi connectivity index (χ1v) is 12.4. The Hall–Kier alpha value is -4.28. The van der Waals surface area contributed by atoms with Gasteiger partial charge >= 0.3 is 0 Å². The molecule has 0 fully saturated rings. The largest absolute Gasteiger partial charge is 0.480 e. The Labute approximate surface area is 217 Å². The van der Waals surface area contributed by atoms with E-state index < -0.39 is 79.5 Å². The molecule has 206 valence electrons. The predicted molar refractivity (Wildman–Crippen MR) is 128 cm³/mol. The molecular formula is C23H19F4N5O6S. The highest BCUT2D eigenvalue weighted by Gasteiger charge is 2.27. The summed E-state index contributed by atoms with van der Waals surface area (Å²) in [7, 11) is -3.62. The fraction of sp³-hybridized carbons (Fsp3) is 0.174. The summed E-state index contributed by atoms with van der Waals surface area (Å²) in [4.78, 5) is 15.1. The van der Waals surface area contributed by atoms with Crippen LogP contribution in [0.1, 0.15) is 10.5 Å².